The van der Waals surface area contributed by atoms with Gasteiger partial charge in [-0.15, -0.1) is 10.2 Å². The van der Waals surface area contributed by atoms with Crippen molar-refractivity contribution in [3.8, 4) is 0 Å². The third-order valence-electron chi connectivity index (χ3n) is 5.10. The predicted molar refractivity (Wildman–Crippen MR) is 115 cm³/mol. The lowest BCUT2D eigenvalue weighted by atomic mass is 10.2. The molecule has 1 saturated heterocycles. The summed E-state index contributed by atoms with van der Waals surface area (Å²) in [5.74, 6) is 0.462. The van der Waals surface area contributed by atoms with Gasteiger partial charge in [0.25, 0.3) is 5.91 Å². The molecule has 3 aromatic rings. The van der Waals surface area contributed by atoms with Crippen LogP contribution in [0.3, 0.4) is 0 Å². The largest absolute Gasteiger partial charge is 0.372 e. The molecule has 1 N–H and O–H groups in total. The summed E-state index contributed by atoms with van der Waals surface area (Å²) in [6.45, 7) is 2.80. The number of nitrogens with one attached hydrogen (secondary N) is 1. The Morgan fingerprint density at radius 2 is 1.69 bits per heavy atom. The van der Waals surface area contributed by atoms with Crippen LogP contribution < -0.4 is 10.2 Å². The van der Waals surface area contributed by atoms with E-state index in [1.54, 1.807) is 24.1 Å². The Bertz CT molecular complexity index is 935. The van der Waals surface area contributed by atoms with E-state index in [-0.39, 0.29) is 5.91 Å². The fourth-order valence-corrected chi connectivity index (χ4v) is 3.52. The molecule has 1 aliphatic rings. The summed E-state index contributed by atoms with van der Waals surface area (Å²) in [5, 5.41) is 11.5. The number of aromatic nitrogens is 2. The summed E-state index contributed by atoms with van der Waals surface area (Å²) in [5.41, 5.74) is 3.61. The Balaban J connectivity index is 1.36. The number of carbonyl (C=O) groups is 1. The molecule has 2 aromatic carbocycles. The molecular formula is C23H25N5O. The standard InChI is InChI=1S/C23H25N5O/c1-27(17-18-7-3-2-4-8-18)23(29)21-13-14-22(26-25-21)24-19-9-11-20(12-10-19)28-15-5-6-16-28/h2-4,7-14H,5-6,15-17H2,1H3,(H,24,26). The zero-order chi connectivity index (χ0) is 20.1. The molecule has 4 rings (SSSR count). The molecule has 2 heterocycles. The van der Waals surface area contributed by atoms with Gasteiger partial charge in [0.05, 0.1) is 0 Å². The second kappa shape index (κ2) is 8.73. The van der Waals surface area contributed by atoms with Crippen molar-refractivity contribution in [3.63, 3.8) is 0 Å². The summed E-state index contributed by atoms with van der Waals surface area (Å²) >= 11 is 0. The van der Waals surface area contributed by atoms with Gasteiger partial charge >= 0.3 is 0 Å². The van der Waals surface area contributed by atoms with Gasteiger partial charge in [-0.25, -0.2) is 0 Å². The van der Waals surface area contributed by atoms with Gasteiger partial charge in [-0.1, -0.05) is 30.3 Å². The zero-order valence-electron chi connectivity index (χ0n) is 16.6. The molecule has 1 fully saturated rings. The van der Waals surface area contributed by atoms with E-state index in [9.17, 15) is 4.79 Å². The van der Waals surface area contributed by atoms with Crippen molar-refractivity contribution in [1.29, 1.82) is 0 Å². The monoisotopic (exact) mass is 387 g/mol. The molecule has 0 aliphatic carbocycles. The summed E-state index contributed by atoms with van der Waals surface area (Å²) in [6.07, 6.45) is 2.53. The molecule has 148 valence electrons. The highest BCUT2D eigenvalue weighted by molar-refractivity contribution is 5.92. The first kappa shape index (κ1) is 18.9. The van der Waals surface area contributed by atoms with Crippen molar-refractivity contribution >= 4 is 23.1 Å². The summed E-state index contributed by atoms with van der Waals surface area (Å²) in [6, 6.07) is 21.7. The van der Waals surface area contributed by atoms with Crippen LogP contribution in [0.5, 0.6) is 0 Å². The normalized spacial score (nSPS) is 13.3. The van der Waals surface area contributed by atoms with E-state index >= 15 is 0 Å². The molecule has 1 amide bonds. The SMILES string of the molecule is CN(Cc1ccccc1)C(=O)c1ccc(Nc2ccc(N3CCCC3)cc2)nn1. The van der Waals surface area contributed by atoms with E-state index in [2.05, 4.69) is 32.5 Å². The van der Waals surface area contributed by atoms with E-state index in [0.29, 0.717) is 18.1 Å². The van der Waals surface area contributed by atoms with Gasteiger partial charge in [-0.3, -0.25) is 4.79 Å². The van der Waals surface area contributed by atoms with E-state index in [1.807, 2.05) is 42.5 Å². The number of benzene rings is 2. The molecule has 1 aromatic heterocycles. The molecule has 0 spiro atoms. The maximum Gasteiger partial charge on any atom is 0.274 e. The molecule has 0 saturated carbocycles. The second-order valence-electron chi connectivity index (χ2n) is 7.32. The minimum atomic E-state index is -0.150. The molecule has 6 heteroatoms. The number of hydrogen-bond donors (Lipinski definition) is 1. The zero-order valence-corrected chi connectivity index (χ0v) is 16.6. The lowest BCUT2D eigenvalue weighted by Crippen LogP contribution is -2.27. The average molecular weight is 387 g/mol. The first-order valence-corrected chi connectivity index (χ1v) is 9.94. The van der Waals surface area contributed by atoms with Crippen molar-refractivity contribution < 1.29 is 4.79 Å². The Morgan fingerprint density at radius 3 is 2.34 bits per heavy atom. The van der Waals surface area contributed by atoms with Gasteiger partial charge in [0.15, 0.2) is 11.5 Å². The molecular weight excluding hydrogens is 362 g/mol. The van der Waals surface area contributed by atoms with Crippen LogP contribution in [0.25, 0.3) is 0 Å². The molecule has 6 nitrogen and oxygen atoms in total. The maximum absolute atomic E-state index is 12.6. The third kappa shape index (κ3) is 4.71. The van der Waals surface area contributed by atoms with Gasteiger partial charge in [0, 0.05) is 38.1 Å². The van der Waals surface area contributed by atoms with E-state index in [4.69, 9.17) is 0 Å². The quantitative estimate of drug-likeness (QED) is 0.690. The maximum atomic E-state index is 12.6. The first-order valence-electron chi connectivity index (χ1n) is 9.94. The number of amides is 1. The fraction of sp³-hybridized carbons (Fsp3) is 0.261. The summed E-state index contributed by atoms with van der Waals surface area (Å²) in [4.78, 5) is 16.6. The minimum Gasteiger partial charge on any atom is -0.372 e. The Kier molecular flexibility index (Phi) is 5.70. The number of rotatable bonds is 6. The fourth-order valence-electron chi connectivity index (χ4n) is 3.52. The third-order valence-corrected chi connectivity index (χ3v) is 5.10. The Labute approximate surface area is 171 Å². The van der Waals surface area contributed by atoms with Crippen LogP contribution in [-0.4, -0.2) is 41.1 Å². The molecule has 0 unspecified atom stereocenters. The first-order chi connectivity index (χ1) is 14.2. The van der Waals surface area contributed by atoms with Crippen molar-refractivity contribution in [1.82, 2.24) is 15.1 Å². The Hall–Kier alpha value is -3.41. The lowest BCUT2D eigenvalue weighted by Gasteiger charge is -2.18. The van der Waals surface area contributed by atoms with Crippen LogP contribution in [0, 0.1) is 0 Å². The smallest absolute Gasteiger partial charge is 0.274 e. The van der Waals surface area contributed by atoms with Crippen LogP contribution in [0.4, 0.5) is 17.2 Å². The molecule has 0 bridgehead atoms. The second-order valence-corrected chi connectivity index (χ2v) is 7.32. The van der Waals surface area contributed by atoms with Crippen molar-refractivity contribution in [2.24, 2.45) is 0 Å². The minimum absolute atomic E-state index is 0.150. The van der Waals surface area contributed by atoms with Gasteiger partial charge in [-0.2, -0.15) is 0 Å². The molecule has 0 radical (unpaired) electrons. The van der Waals surface area contributed by atoms with E-state index in [0.717, 1.165) is 24.3 Å². The van der Waals surface area contributed by atoms with Gasteiger partial charge < -0.3 is 15.1 Å². The molecule has 29 heavy (non-hydrogen) atoms. The average Bonchev–Trinajstić information content (AvgIpc) is 3.30. The van der Waals surface area contributed by atoms with Gasteiger partial charge in [-0.05, 0) is 54.8 Å². The highest BCUT2D eigenvalue weighted by Gasteiger charge is 2.15. The molecule has 1 aliphatic heterocycles. The highest BCUT2D eigenvalue weighted by Crippen LogP contribution is 2.23. The van der Waals surface area contributed by atoms with Crippen LogP contribution in [0.2, 0.25) is 0 Å². The number of nitrogens with zero attached hydrogens (tertiary/aromatic N) is 4. The highest BCUT2D eigenvalue weighted by atomic mass is 16.2. The Morgan fingerprint density at radius 1 is 0.966 bits per heavy atom. The van der Waals surface area contributed by atoms with Crippen molar-refractivity contribution in [3.05, 3.63) is 78.0 Å². The van der Waals surface area contributed by atoms with Gasteiger partial charge in [0.1, 0.15) is 0 Å². The predicted octanol–water partition coefficient (Wildman–Crippen LogP) is 4.09. The lowest BCUT2D eigenvalue weighted by molar-refractivity contribution is 0.0778. The van der Waals surface area contributed by atoms with Crippen LogP contribution in [0.15, 0.2) is 66.7 Å². The van der Waals surface area contributed by atoms with Crippen molar-refractivity contribution in [2.45, 2.75) is 19.4 Å². The number of hydrogen-bond acceptors (Lipinski definition) is 5. The van der Waals surface area contributed by atoms with Crippen molar-refractivity contribution in [2.75, 3.05) is 30.4 Å². The summed E-state index contributed by atoms with van der Waals surface area (Å²) < 4.78 is 0. The van der Waals surface area contributed by atoms with Crippen LogP contribution in [0.1, 0.15) is 28.9 Å². The number of anilines is 3. The molecule has 0 atom stereocenters. The van der Waals surface area contributed by atoms with Crippen LogP contribution in [-0.2, 0) is 6.54 Å². The topological polar surface area (TPSA) is 61.4 Å². The number of carbonyl (C=O) groups excluding carboxylic acids is 1. The van der Waals surface area contributed by atoms with Crippen LogP contribution >= 0.6 is 0 Å². The van der Waals surface area contributed by atoms with E-state index in [1.165, 1.54) is 18.5 Å². The van der Waals surface area contributed by atoms with E-state index < -0.39 is 0 Å². The summed E-state index contributed by atoms with van der Waals surface area (Å²) in [7, 11) is 1.77. The van der Waals surface area contributed by atoms with Gasteiger partial charge in [0.2, 0.25) is 0 Å².